The van der Waals surface area contributed by atoms with Crippen LogP contribution in [0.15, 0.2) is 0 Å². The van der Waals surface area contributed by atoms with E-state index in [4.69, 9.17) is 10.2 Å². The maximum Gasteiger partial charge on any atom is 0.347 e. The molecule has 0 amide bonds. The summed E-state index contributed by atoms with van der Waals surface area (Å²) in [5, 5.41) is 16.9. The molecule has 0 saturated heterocycles. The molecule has 0 aromatic carbocycles. The molecule has 2 N–H and O–H groups in total. The Hall–Kier alpha value is -0.0900. The summed E-state index contributed by atoms with van der Waals surface area (Å²) in [6, 6.07) is 0. The monoisotopic (exact) mass is 182 g/mol. The van der Waals surface area contributed by atoms with Gasteiger partial charge in [-0.1, -0.05) is 6.92 Å². The highest BCUT2D eigenvalue weighted by molar-refractivity contribution is 9.10. The number of carboxylic acid groups (broad SMARTS) is 1. The molecule has 0 bridgehead atoms. The van der Waals surface area contributed by atoms with Crippen molar-refractivity contribution < 1.29 is 15.0 Å². The van der Waals surface area contributed by atoms with Crippen LogP contribution in [0.5, 0.6) is 0 Å². The van der Waals surface area contributed by atoms with Crippen LogP contribution in [0.2, 0.25) is 0 Å². The van der Waals surface area contributed by atoms with Crippen molar-refractivity contribution >= 4 is 21.9 Å². The SMILES string of the molecule is CCC(O)(Br)C(=O)O. The van der Waals surface area contributed by atoms with Crippen LogP contribution in [0.1, 0.15) is 13.3 Å². The third-order valence-electron chi connectivity index (χ3n) is 0.796. The average molecular weight is 183 g/mol. The van der Waals surface area contributed by atoms with E-state index >= 15 is 0 Å². The minimum absolute atomic E-state index is 0.155. The number of carbonyl (C=O) groups is 1. The van der Waals surface area contributed by atoms with Crippen LogP contribution in [-0.2, 0) is 4.79 Å². The van der Waals surface area contributed by atoms with E-state index in [-0.39, 0.29) is 6.42 Å². The van der Waals surface area contributed by atoms with Gasteiger partial charge in [0.25, 0.3) is 0 Å². The minimum Gasteiger partial charge on any atom is -0.478 e. The number of rotatable bonds is 2. The zero-order valence-electron chi connectivity index (χ0n) is 4.39. The Kier molecular flexibility index (Phi) is 2.43. The van der Waals surface area contributed by atoms with Gasteiger partial charge in [-0.25, -0.2) is 4.79 Å². The molecule has 48 valence electrons. The van der Waals surface area contributed by atoms with Crippen molar-refractivity contribution in [2.45, 2.75) is 17.9 Å². The van der Waals surface area contributed by atoms with Crippen molar-refractivity contribution in [3.05, 3.63) is 0 Å². The number of halogens is 1. The van der Waals surface area contributed by atoms with E-state index in [1.807, 2.05) is 0 Å². The van der Waals surface area contributed by atoms with Crippen molar-refractivity contribution in [2.24, 2.45) is 0 Å². The van der Waals surface area contributed by atoms with Crippen LogP contribution < -0.4 is 0 Å². The predicted molar refractivity (Wildman–Crippen MR) is 31.8 cm³/mol. The topological polar surface area (TPSA) is 57.5 Å². The molecule has 0 aromatic heterocycles. The first-order valence-corrected chi connectivity index (χ1v) is 2.94. The Balaban J connectivity index is 3.91. The van der Waals surface area contributed by atoms with Gasteiger partial charge in [-0.2, -0.15) is 0 Å². The maximum absolute atomic E-state index is 9.96. The summed E-state index contributed by atoms with van der Waals surface area (Å²) in [5.41, 5.74) is 0. The van der Waals surface area contributed by atoms with E-state index in [1.54, 1.807) is 6.92 Å². The summed E-state index contributed by atoms with van der Waals surface area (Å²) in [7, 11) is 0. The van der Waals surface area contributed by atoms with Gasteiger partial charge in [0.2, 0.25) is 4.51 Å². The summed E-state index contributed by atoms with van der Waals surface area (Å²) >= 11 is 2.60. The molecule has 1 unspecified atom stereocenters. The molecule has 0 radical (unpaired) electrons. The van der Waals surface area contributed by atoms with Crippen molar-refractivity contribution in [1.29, 1.82) is 0 Å². The van der Waals surface area contributed by atoms with Crippen LogP contribution >= 0.6 is 15.9 Å². The first-order chi connectivity index (χ1) is 3.50. The van der Waals surface area contributed by atoms with Crippen LogP contribution in [0.3, 0.4) is 0 Å². The highest BCUT2D eigenvalue weighted by Crippen LogP contribution is 2.17. The Bertz CT molecular complexity index is 99.5. The van der Waals surface area contributed by atoms with Gasteiger partial charge in [-0.3, -0.25) is 0 Å². The molecule has 0 saturated carbocycles. The zero-order valence-corrected chi connectivity index (χ0v) is 5.97. The number of alkyl halides is 1. The molecule has 0 fully saturated rings. The zero-order chi connectivity index (χ0) is 6.78. The summed E-state index contributed by atoms with van der Waals surface area (Å²) in [6.45, 7) is 1.57. The molecule has 0 aliphatic carbocycles. The van der Waals surface area contributed by atoms with E-state index in [1.165, 1.54) is 0 Å². The largest absolute Gasteiger partial charge is 0.478 e. The summed E-state index contributed by atoms with van der Waals surface area (Å²) in [4.78, 5) is 9.96. The van der Waals surface area contributed by atoms with Crippen LogP contribution in [0, 0.1) is 0 Å². The standard InChI is InChI=1S/C4H7BrO3/c1-2-4(5,8)3(6)7/h8H,2H2,1H3,(H,6,7). The second-order valence-corrected chi connectivity index (χ2v) is 2.73. The quantitative estimate of drug-likeness (QED) is 0.615. The summed E-state index contributed by atoms with van der Waals surface area (Å²) in [5.74, 6) is -1.25. The lowest BCUT2D eigenvalue weighted by Gasteiger charge is -2.10. The van der Waals surface area contributed by atoms with Gasteiger partial charge in [0.05, 0.1) is 0 Å². The Morgan fingerprint density at radius 3 is 2.25 bits per heavy atom. The Labute approximate surface area is 55.5 Å². The van der Waals surface area contributed by atoms with E-state index in [2.05, 4.69) is 15.9 Å². The normalized spacial score (nSPS) is 17.4. The van der Waals surface area contributed by atoms with Crippen LogP contribution in [0.4, 0.5) is 0 Å². The molecule has 0 aliphatic rings. The minimum atomic E-state index is -1.73. The molecule has 1 atom stereocenters. The van der Waals surface area contributed by atoms with Crippen LogP contribution in [-0.4, -0.2) is 20.7 Å². The molecule has 8 heavy (non-hydrogen) atoms. The van der Waals surface area contributed by atoms with E-state index < -0.39 is 10.5 Å². The van der Waals surface area contributed by atoms with Gasteiger partial charge in [0.1, 0.15) is 0 Å². The smallest absolute Gasteiger partial charge is 0.347 e. The van der Waals surface area contributed by atoms with Crippen molar-refractivity contribution in [3.63, 3.8) is 0 Å². The summed E-state index contributed by atoms with van der Waals surface area (Å²) < 4.78 is -1.73. The van der Waals surface area contributed by atoms with Gasteiger partial charge >= 0.3 is 5.97 Å². The highest BCUT2D eigenvalue weighted by Gasteiger charge is 2.29. The van der Waals surface area contributed by atoms with Crippen molar-refractivity contribution in [1.82, 2.24) is 0 Å². The predicted octanol–water partition coefficient (Wildman–Crippen LogP) is 0.565. The second-order valence-electron chi connectivity index (χ2n) is 1.42. The molecule has 0 rings (SSSR count). The lowest BCUT2D eigenvalue weighted by molar-refractivity contribution is -0.148. The lowest BCUT2D eigenvalue weighted by Crippen LogP contribution is -2.29. The molecule has 0 aliphatic heterocycles. The first-order valence-electron chi connectivity index (χ1n) is 2.15. The van der Waals surface area contributed by atoms with Crippen molar-refractivity contribution in [2.75, 3.05) is 0 Å². The number of carboxylic acids is 1. The van der Waals surface area contributed by atoms with Gasteiger partial charge < -0.3 is 10.2 Å². The van der Waals surface area contributed by atoms with Crippen molar-refractivity contribution in [3.8, 4) is 0 Å². The van der Waals surface area contributed by atoms with Gasteiger partial charge in [-0.15, -0.1) is 0 Å². The number of hydrogen-bond donors (Lipinski definition) is 2. The third-order valence-corrected chi connectivity index (χ3v) is 1.70. The second kappa shape index (κ2) is 2.46. The molecular formula is C4H7BrO3. The fourth-order valence-corrected chi connectivity index (χ4v) is 0.151. The van der Waals surface area contributed by atoms with E-state index in [9.17, 15) is 4.79 Å². The molecule has 0 heterocycles. The Morgan fingerprint density at radius 2 is 2.25 bits per heavy atom. The molecule has 3 nitrogen and oxygen atoms in total. The van der Waals surface area contributed by atoms with Crippen LogP contribution in [0.25, 0.3) is 0 Å². The molecular weight excluding hydrogens is 176 g/mol. The fourth-order valence-electron chi connectivity index (χ4n) is 0.151. The van der Waals surface area contributed by atoms with E-state index in [0.29, 0.717) is 0 Å². The fraction of sp³-hybridized carbons (Fsp3) is 0.750. The first kappa shape index (κ1) is 7.91. The van der Waals surface area contributed by atoms with Gasteiger partial charge in [-0.05, 0) is 22.4 Å². The number of aliphatic carboxylic acids is 1. The Morgan fingerprint density at radius 1 is 1.88 bits per heavy atom. The molecule has 0 spiro atoms. The lowest BCUT2D eigenvalue weighted by atomic mass is 10.3. The molecule has 4 heteroatoms. The number of aliphatic hydroxyl groups is 1. The van der Waals surface area contributed by atoms with E-state index in [0.717, 1.165) is 0 Å². The van der Waals surface area contributed by atoms with Gasteiger partial charge in [0.15, 0.2) is 0 Å². The number of hydrogen-bond acceptors (Lipinski definition) is 2. The van der Waals surface area contributed by atoms with Gasteiger partial charge in [0, 0.05) is 0 Å². The summed E-state index contributed by atoms with van der Waals surface area (Å²) in [6.07, 6.45) is 0.155. The maximum atomic E-state index is 9.96. The molecule has 0 aromatic rings. The average Bonchev–Trinajstić information content (AvgIpc) is 1.67. The highest BCUT2D eigenvalue weighted by atomic mass is 79.9. The third kappa shape index (κ3) is 1.79.